The molecular formula is C11H14BrN3. The summed E-state index contributed by atoms with van der Waals surface area (Å²) in [6, 6.07) is 2.00. The third-order valence-electron chi connectivity index (χ3n) is 2.47. The third-order valence-corrected chi connectivity index (χ3v) is 2.90. The minimum Gasteiger partial charge on any atom is -0.263 e. The zero-order valence-electron chi connectivity index (χ0n) is 8.78. The summed E-state index contributed by atoms with van der Waals surface area (Å²) >= 11 is 3.36. The molecule has 2 rings (SSSR count). The van der Waals surface area contributed by atoms with E-state index in [1.165, 1.54) is 19.3 Å². The van der Waals surface area contributed by atoms with Crippen LogP contribution in [0, 0.1) is 0 Å². The largest absolute Gasteiger partial charge is 0.263 e. The molecule has 2 aromatic rings. The van der Waals surface area contributed by atoms with E-state index >= 15 is 0 Å². The number of hydrogen-bond donors (Lipinski definition) is 0. The van der Waals surface area contributed by atoms with Crippen molar-refractivity contribution in [3.63, 3.8) is 0 Å². The van der Waals surface area contributed by atoms with E-state index in [1.54, 1.807) is 0 Å². The van der Waals surface area contributed by atoms with Gasteiger partial charge in [-0.1, -0.05) is 19.8 Å². The van der Waals surface area contributed by atoms with Gasteiger partial charge >= 0.3 is 0 Å². The molecular weight excluding hydrogens is 254 g/mol. The van der Waals surface area contributed by atoms with E-state index in [0.29, 0.717) is 0 Å². The Morgan fingerprint density at radius 3 is 3.00 bits per heavy atom. The number of nitrogens with zero attached hydrogens (tertiary/aromatic N) is 3. The van der Waals surface area contributed by atoms with E-state index in [2.05, 4.69) is 32.9 Å². The molecule has 0 spiro atoms. The van der Waals surface area contributed by atoms with Crippen LogP contribution in [-0.2, 0) is 6.54 Å². The van der Waals surface area contributed by atoms with Gasteiger partial charge in [-0.3, -0.25) is 4.68 Å². The SMILES string of the molecule is CCCCCn1ncc2cc(Br)ncc21. The van der Waals surface area contributed by atoms with Crippen LogP contribution in [-0.4, -0.2) is 14.8 Å². The lowest BCUT2D eigenvalue weighted by molar-refractivity contribution is 0.567. The molecule has 0 fully saturated rings. The van der Waals surface area contributed by atoms with Crippen LogP contribution in [0.2, 0.25) is 0 Å². The highest BCUT2D eigenvalue weighted by Gasteiger charge is 2.02. The number of fused-ring (bicyclic) bond motifs is 1. The molecule has 3 nitrogen and oxygen atoms in total. The maximum absolute atomic E-state index is 4.36. The lowest BCUT2D eigenvalue weighted by Gasteiger charge is -2.02. The van der Waals surface area contributed by atoms with Gasteiger partial charge in [-0.25, -0.2) is 4.98 Å². The summed E-state index contributed by atoms with van der Waals surface area (Å²) in [4.78, 5) is 4.22. The van der Waals surface area contributed by atoms with E-state index in [9.17, 15) is 0 Å². The molecule has 4 heteroatoms. The normalized spacial score (nSPS) is 11.1. The number of rotatable bonds is 4. The number of unbranched alkanes of at least 4 members (excludes halogenated alkanes) is 2. The molecule has 0 amide bonds. The lowest BCUT2D eigenvalue weighted by Crippen LogP contribution is -1.99. The first-order chi connectivity index (χ1) is 7.31. The van der Waals surface area contributed by atoms with Gasteiger partial charge in [0.2, 0.25) is 0 Å². The van der Waals surface area contributed by atoms with E-state index in [1.807, 2.05) is 23.1 Å². The Balaban J connectivity index is 2.21. The van der Waals surface area contributed by atoms with E-state index < -0.39 is 0 Å². The Morgan fingerprint density at radius 2 is 2.20 bits per heavy atom. The summed E-state index contributed by atoms with van der Waals surface area (Å²) in [6.07, 6.45) is 7.45. The summed E-state index contributed by atoms with van der Waals surface area (Å²) in [5, 5.41) is 5.51. The Hall–Kier alpha value is -0.900. The predicted molar refractivity (Wildman–Crippen MR) is 64.8 cm³/mol. The molecule has 2 heterocycles. The molecule has 0 aliphatic rings. The fourth-order valence-electron chi connectivity index (χ4n) is 1.64. The molecule has 0 saturated carbocycles. The van der Waals surface area contributed by atoms with Gasteiger partial charge in [0.15, 0.2) is 0 Å². The molecule has 0 atom stereocenters. The maximum Gasteiger partial charge on any atom is 0.106 e. The monoisotopic (exact) mass is 267 g/mol. The van der Waals surface area contributed by atoms with Crippen LogP contribution in [0.5, 0.6) is 0 Å². The first kappa shape index (κ1) is 10.6. The van der Waals surface area contributed by atoms with Crippen LogP contribution in [0.4, 0.5) is 0 Å². The minimum atomic E-state index is 0.864. The van der Waals surface area contributed by atoms with Crippen molar-refractivity contribution in [1.29, 1.82) is 0 Å². The van der Waals surface area contributed by atoms with Crippen molar-refractivity contribution in [3.05, 3.63) is 23.1 Å². The van der Waals surface area contributed by atoms with Crippen LogP contribution in [0.25, 0.3) is 10.9 Å². The molecule has 0 aromatic carbocycles. The summed E-state index contributed by atoms with van der Waals surface area (Å²) in [7, 11) is 0. The molecule has 0 N–H and O–H groups in total. The van der Waals surface area contributed by atoms with Gasteiger partial charge in [-0.05, 0) is 28.4 Å². The van der Waals surface area contributed by atoms with Crippen LogP contribution >= 0.6 is 15.9 Å². The maximum atomic E-state index is 4.36. The van der Waals surface area contributed by atoms with Gasteiger partial charge in [-0.15, -0.1) is 0 Å². The number of aryl methyl sites for hydroxylation is 1. The summed E-state index contributed by atoms with van der Waals surface area (Å²) in [6.45, 7) is 3.19. The summed E-state index contributed by atoms with van der Waals surface area (Å²) in [5.41, 5.74) is 1.12. The first-order valence-electron chi connectivity index (χ1n) is 5.28. The first-order valence-corrected chi connectivity index (χ1v) is 6.07. The number of hydrogen-bond acceptors (Lipinski definition) is 2. The Bertz CT molecular complexity index is 450. The number of aromatic nitrogens is 3. The van der Waals surface area contributed by atoms with Crippen molar-refractivity contribution < 1.29 is 0 Å². The highest BCUT2D eigenvalue weighted by atomic mass is 79.9. The van der Waals surface area contributed by atoms with Gasteiger partial charge in [0.1, 0.15) is 4.60 Å². The van der Waals surface area contributed by atoms with Crippen LogP contribution in [0.1, 0.15) is 26.2 Å². The van der Waals surface area contributed by atoms with Crippen molar-refractivity contribution in [2.75, 3.05) is 0 Å². The molecule has 0 aliphatic carbocycles. The molecule has 0 unspecified atom stereocenters. The summed E-state index contributed by atoms with van der Waals surface area (Å²) < 4.78 is 2.90. The Kier molecular flexibility index (Phi) is 3.36. The number of pyridine rings is 1. The molecule has 80 valence electrons. The van der Waals surface area contributed by atoms with E-state index in [4.69, 9.17) is 0 Å². The molecule has 0 radical (unpaired) electrons. The second-order valence-corrected chi connectivity index (χ2v) is 4.45. The molecule has 15 heavy (non-hydrogen) atoms. The summed E-state index contributed by atoms with van der Waals surface area (Å²) in [5.74, 6) is 0. The lowest BCUT2D eigenvalue weighted by atomic mass is 10.2. The van der Waals surface area contributed by atoms with Gasteiger partial charge in [0, 0.05) is 11.9 Å². The number of halogens is 1. The predicted octanol–water partition coefficient (Wildman–Crippen LogP) is 3.38. The fourth-order valence-corrected chi connectivity index (χ4v) is 1.99. The van der Waals surface area contributed by atoms with Gasteiger partial charge < -0.3 is 0 Å². The van der Waals surface area contributed by atoms with Crippen molar-refractivity contribution >= 4 is 26.8 Å². The average molecular weight is 268 g/mol. The van der Waals surface area contributed by atoms with Gasteiger partial charge in [0.25, 0.3) is 0 Å². The molecule has 0 saturated heterocycles. The topological polar surface area (TPSA) is 30.7 Å². The van der Waals surface area contributed by atoms with E-state index in [-0.39, 0.29) is 0 Å². The standard InChI is InChI=1S/C11H14BrN3/c1-2-3-4-5-15-10-8-13-11(12)6-9(10)7-14-15/h6-8H,2-5H2,1H3. The Labute approximate surface area is 97.6 Å². The second kappa shape index (κ2) is 4.75. The van der Waals surface area contributed by atoms with Crippen molar-refractivity contribution in [2.45, 2.75) is 32.7 Å². The zero-order valence-corrected chi connectivity index (χ0v) is 10.4. The smallest absolute Gasteiger partial charge is 0.106 e. The van der Waals surface area contributed by atoms with Crippen LogP contribution in [0.15, 0.2) is 23.1 Å². The van der Waals surface area contributed by atoms with E-state index in [0.717, 1.165) is 22.1 Å². The molecule has 0 bridgehead atoms. The van der Waals surface area contributed by atoms with Crippen molar-refractivity contribution in [1.82, 2.24) is 14.8 Å². The average Bonchev–Trinajstić information content (AvgIpc) is 2.61. The highest BCUT2D eigenvalue weighted by molar-refractivity contribution is 9.10. The Morgan fingerprint density at radius 1 is 1.33 bits per heavy atom. The fraction of sp³-hybridized carbons (Fsp3) is 0.455. The van der Waals surface area contributed by atoms with Gasteiger partial charge in [0.05, 0.1) is 17.9 Å². The van der Waals surface area contributed by atoms with Gasteiger partial charge in [-0.2, -0.15) is 5.10 Å². The van der Waals surface area contributed by atoms with Crippen molar-refractivity contribution in [2.24, 2.45) is 0 Å². The molecule has 0 aliphatic heterocycles. The van der Waals surface area contributed by atoms with Crippen LogP contribution in [0.3, 0.4) is 0 Å². The second-order valence-electron chi connectivity index (χ2n) is 3.64. The zero-order chi connectivity index (χ0) is 10.7. The van der Waals surface area contributed by atoms with Crippen molar-refractivity contribution in [3.8, 4) is 0 Å². The molecule has 2 aromatic heterocycles. The van der Waals surface area contributed by atoms with Crippen LogP contribution < -0.4 is 0 Å². The highest BCUT2D eigenvalue weighted by Crippen LogP contribution is 2.17. The minimum absolute atomic E-state index is 0.864. The third kappa shape index (κ3) is 2.37. The quantitative estimate of drug-likeness (QED) is 0.628.